The van der Waals surface area contributed by atoms with Gasteiger partial charge in [0.05, 0.1) is 5.56 Å². The molecule has 2 rings (SSSR count). The number of H-pyrrole nitrogens is 1. The van der Waals surface area contributed by atoms with Gasteiger partial charge in [0.2, 0.25) is 0 Å². The van der Waals surface area contributed by atoms with Crippen LogP contribution in [-0.2, 0) is 0 Å². The van der Waals surface area contributed by atoms with Gasteiger partial charge in [0.15, 0.2) is 6.29 Å². The Bertz CT molecular complexity index is 559. The molecule has 0 spiro atoms. The Morgan fingerprint density at radius 2 is 2.20 bits per heavy atom. The van der Waals surface area contributed by atoms with Crippen LogP contribution in [0.5, 0.6) is 0 Å². The highest BCUT2D eigenvalue weighted by Gasteiger charge is 2.16. The number of carbonyl (C=O) groups is 2. The Hall–Kier alpha value is -2.17. The molecule has 1 heterocycles. The Morgan fingerprint density at radius 1 is 1.47 bits per heavy atom. The molecule has 15 heavy (non-hydrogen) atoms. The number of hydrogen-bond donors (Lipinski definition) is 2. The number of carbonyl (C=O) groups excluding carboxylic acids is 1. The molecule has 4 nitrogen and oxygen atoms in total. The summed E-state index contributed by atoms with van der Waals surface area (Å²) >= 11 is 0. The van der Waals surface area contributed by atoms with Crippen molar-refractivity contribution in [3.63, 3.8) is 0 Å². The molecular formula is C10H6FNO3. The van der Waals surface area contributed by atoms with Crippen LogP contribution in [0.4, 0.5) is 4.39 Å². The molecular weight excluding hydrogens is 201 g/mol. The van der Waals surface area contributed by atoms with Crippen molar-refractivity contribution in [3.8, 4) is 0 Å². The van der Waals surface area contributed by atoms with Gasteiger partial charge in [-0.3, -0.25) is 4.79 Å². The molecule has 0 unspecified atom stereocenters. The molecule has 1 aromatic heterocycles. The lowest BCUT2D eigenvalue weighted by molar-refractivity contribution is 0.0688. The Labute approximate surface area is 83.3 Å². The number of nitrogens with one attached hydrogen (secondary N) is 1. The third-order valence-corrected chi connectivity index (χ3v) is 2.13. The Balaban J connectivity index is 2.84. The van der Waals surface area contributed by atoms with Crippen LogP contribution < -0.4 is 0 Å². The highest BCUT2D eigenvalue weighted by molar-refractivity contribution is 6.07. The molecule has 0 fully saturated rings. The summed E-state index contributed by atoms with van der Waals surface area (Å²) in [6, 6.07) is 3.70. The number of fused-ring (bicyclic) bond motifs is 1. The molecule has 76 valence electrons. The highest BCUT2D eigenvalue weighted by Crippen LogP contribution is 2.21. The average Bonchev–Trinajstić information content (AvgIpc) is 2.55. The maximum Gasteiger partial charge on any atom is 0.353 e. The van der Waals surface area contributed by atoms with E-state index in [-0.39, 0.29) is 11.3 Å². The van der Waals surface area contributed by atoms with Gasteiger partial charge in [-0.1, -0.05) is 0 Å². The van der Waals surface area contributed by atoms with E-state index in [0.29, 0.717) is 17.2 Å². The van der Waals surface area contributed by atoms with E-state index in [1.807, 2.05) is 0 Å². The van der Waals surface area contributed by atoms with Crippen LogP contribution in [-0.4, -0.2) is 22.3 Å². The van der Waals surface area contributed by atoms with Gasteiger partial charge in [0.25, 0.3) is 0 Å². The van der Waals surface area contributed by atoms with Crippen LogP contribution in [0, 0.1) is 5.82 Å². The van der Waals surface area contributed by atoms with E-state index in [1.54, 1.807) is 0 Å². The molecule has 0 saturated heterocycles. The first-order valence-corrected chi connectivity index (χ1v) is 4.13. The molecule has 2 N–H and O–H groups in total. The molecule has 0 amide bonds. The van der Waals surface area contributed by atoms with Crippen molar-refractivity contribution in [1.82, 2.24) is 4.98 Å². The lowest BCUT2D eigenvalue weighted by Gasteiger charge is -1.90. The van der Waals surface area contributed by atoms with Crippen LogP contribution >= 0.6 is 0 Å². The zero-order valence-corrected chi connectivity index (χ0v) is 7.45. The number of hydrogen-bond acceptors (Lipinski definition) is 2. The number of aldehydes is 1. The maximum absolute atomic E-state index is 12.8. The second-order valence-corrected chi connectivity index (χ2v) is 3.03. The van der Waals surface area contributed by atoms with Crippen molar-refractivity contribution in [3.05, 3.63) is 35.3 Å². The fraction of sp³-hybridized carbons (Fsp3) is 0. The first-order chi connectivity index (χ1) is 7.13. The van der Waals surface area contributed by atoms with Crippen molar-refractivity contribution < 1.29 is 19.1 Å². The van der Waals surface area contributed by atoms with Gasteiger partial charge in [-0.15, -0.1) is 0 Å². The summed E-state index contributed by atoms with van der Waals surface area (Å²) in [5, 5.41) is 9.19. The number of benzene rings is 1. The number of carboxylic acids is 1. The second-order valence-electron chi connectivity index (χ2n) is 3.03. The minimum Gasteiger partial charge on any atom is -0.477 e. The van der Waals surface area contributed by atoms with Gasteiger partial charge in [-0.25, -0.2) is 9.18 Å². The Morgan fingerprint density at radius 3 is 2.80 bits per heavy atom. The van der Waals surface area contributed by atoms with Crippen molar-refractivity contribution in [2.75, 3.05) is 0 Å². The normalized spacial score (nSPS) is 10.5. The van der Waals surface area contributed by atoms with E-state index >= 15 is 0 Å². The van der Waals surface area contributed by atoms with E-state index in [4.69, 9.17) is 5.11 Å². The van der Waals surface area contributed by atoms with E-state index in [9.17, 15) is 14.0 Å². The molecule has 0 atom stereocenters. The molecule has 0 aliphatic heterocycles. The minimum absolute atomic E-state index is 0.0394. The van der Waals surface area contributed by atoms with Crippen LogP contribution in [0.1, 0.15) is 20.8 Å². The highest BCUT2D eigenvalue weighted by atomic mass is 19.1. The van der Waals surface area contributed by atoms with E-state index in [2.05, 4.69) is 4.98 Å². The zero-order chi connectivity index (χ0) is 11.0. The number of halogens is 1. The van der Waals surface area contributed by atoms with Crippen LogP contribution in [0.2, 0.25) is 0 Å². The summed E-state index contributed by atoms with van der Waals surface area (Å²) in [6.07, 6.45) is 0.445. The maximum atomic E-state index is 12.8. The number of aromatic amines is 1. The number of aromatic carboxylic acids is 1. The summed E-state index contributed by atoms with van der Waals surface area (Å²) in [5.74, 6) is -1.73. The van der Waals surface area contributed by atoms with Crippen LogP contribution in [0.15, 0.2) is 18.2 Å². The van der Waals surface area contributed by atoms with Gasteiger partial charge in [0, 0.05) is 10.9 Å². The quantitative estimate of drug-likeness (QED) is 0.738. The predicted octanol–water partition coefficient (Wildman–Crippen LogP) is 1.82. The monoisotopic (exact) mass is 207 g/mol. The number of rotatable bonds is 2. The SMILES string of the molecule is O=Cc1c(C(=O)O)[nH]c2cc(F)ccc12. The molecule has 0 aliphatic rings. The largest absolute Gasteiger partial charge is 0.477 e. The summed E-state index contributed by atoms with van der Waals surface area (Å²) in [6.45, 7) is 0. The zero-order valence-electron chi connectivity index (χ0n) is 7.45. The first-order valence-electron chi connectivity index (χ1n) is 4.13. The first kappa shape index (κ1) is 9.39. The molecule has 0 aliphatic carbocycles. The van der Waals surface area contributed by atoms with Crippen LogP contribution in [0.3, 0.4) is 0 Å². The predicted molar refractivity (Wildman–Crippen MR) is 50.6 cm³/mol. The van der Waals surface area contributed by atoms with Gasteiger partial charge in [-0.05, 0) is 18.2 Å². The van der Waals surface area contributed by atoms with Crippen LogP contribution in [0.25, 0.3) is 10.9 Å². The van der Waals surface area contributed by atoms with Gasteiger partial charge < -0.3 is 10.1 Å². The van der Waals surface area contributed by atoms with Crippen molar-refractivity contribution in [2.24, 2.45) is 0 Å². The third-order valence-electron chi connectivity index (χ3n) is 2.13. The van der Waals surface area contributed by atoms with Gasteiger partial charge in [-0.2, -0.15) is 0 Å². The molecule has 2 aromatic rings. The Kier molecular flexibility index (Phi) is 2.00. The van der Waals surface area contributed by atoms with E-state index in [0.717, 1.165) is 6.07 Å². The molecule has 0 saturated carbocycles. The molecule has 0 bridgehead atoms. The summed E-state index contributed by atoms with van der Waals surface area (Å²) in [5.41, 5.74) is 0.123. The van der Waals surface area contributed by atoms with Crippen molar-refractivity contribution in [1.29, 1.82) is 0 Å². The van der Waals surface area contributed by atoms with Gasteiger partial charge in [0.1, 0.15) is 11.5 Å². The second kappa shape index (κ2) is 3.20. The standard InChI is InChI=1S/C10H6FNO3/c11-5-1-2-6-7(4-13)9(10(14)15)12-8(6)3-5/h1-4,12H,(H,14,15). The smallest absolute Gasteiger partial charge is 0.353 e. The van der Waals surface area contributed by atoms with Crippen molar-refractivity contribution in [2.45, 2.75) is 0 Å². The summed E-state index contributed by atoms with van der Waals surface area (Å²) in [4.78, 5) is 24.0. The fourth-order valence-electron chi connectivity index (χ4n) is 1.48. The molecule has 1 aromatic carbocycles. The third kappa shape index (κ3) is 1.38. The molecule has 5 heteroatoms. The summed E-state index contributed by atoms with van der Waals surface area (Å²) < 4.78 is 12.8. The van der Waals surface area contributed by atoms with E-state index in [1.165, 1.54) is 12.1 Å². The van der Waals surface area contributed by atoms with Gasteiger partial charge >= 0.3 is 5.97 Å². The fourth-order valence-corrected chi connectivity index (χ4v) is 1.48. The van der Waals surface area contributed by atoms with Crippen molar-refractivity contribution >= 4 is 23.2 Å². The average molecular weight is 207 g/mol. The van der Waals surface area contributed by atoms with E-state index < -0.39 is 11.8 Å². The lowest BCUT2D eigenvalue weighted by Crippen LogP contribution is -2.00. The topological polar surface area (TPSA) is 70.2 Å². The molecule has 0 radical (unpaired) electrons. The number of aromatic nitrogens is 1. The minimum atomic E-state index is -1.24. The number of carboxylic acid groups (broad SMARTS) is 1. The lowest BCUT2D eigenvalue weighted by atomic mass is 10.1. The summed E-state index contributed by atoms with van der Waals surface area (Å²) in [7, 11) is 0.